The molecule has 17 heavy (non-hydrogen) atoms. The van der Waals surface area contributed by atoms with Gasteiger partial charge in [-0.15, -0.1) is 0 Å². The summed E-state index contributed by atoms with van der Waals surface area (Å²) in [7, 11) is -3.88. The maximum Gasteiger partial charge on any atom is 0.298 e. The highest BCUT2D eigenvalue weighted by atomic mass is 32.2. The van der Waals surface area contributed by atoms with Crippen LogP contribution < -0.4 is 0 Å². The molecule has 0 heterocycles. The van der Waals surface area contributed by atoms with Crippen molar-refractivity contribution in [2.24, 2.45) is 5.41 Å². The smallest absolute Gasteiger partial charge is 0.247 e. The van der Waals surface area contributed by atoms with Gasteiger partial charge < -0.3 is 0 Å². The average Bonchev–Trinajstić information content (AvgIpc) is 2.25. The van der Waals surface area contributed by atoms with Crippen molar-refractivity contribution in [3.63, 3.8) is 0 Å². The Morgan fingerprint density at radius 1 is 1.24 bits per heavy atom. The predicted molar refractivity (Wildman–Crippen MR) is 63.6 cm³/mol. The summed E-state index contributed by atoms with van der Waals surface area (Å²) in [6.45, 7) is 5.25. The molecule has 0 radical (unpaired) electrons. The van der Waals surface area contributed by atoms with Gasteiger partial charge in [-0.2, -0.15) is 13.7 Å². The summed E-state index contributed by atoms with van der Waals surface area (Å²) in [4.78, 5) is 0.0597. The molecule has 1 aromatic carbocycles. The molecule has 1 atom stereocenters. The second-order valence-corrected chi connectivity index (χ2v) is 6.31. The third kappa shape index (κ3) is 3.55. The molecule has 92 valence electrons. The second-order valence-electron chi connectivity index (χ2n) is 4.74. The van der Waals surface area contributed by atoms with E-state index in [1.807, 2.05) is 6.07 Å². The number of hydrogen-bond donors (Lipinski definition) is 0. The standard InChI is InChI=1S/C12H15NO3S/c1-12(2,3)11(9-13)16-17(14,15)10-7-5-4-6-8-10/h4-8,11H,1-3H3. The first-order valence-corrected chi connectivity index (χ1v) is 6.56. The maximum atomic E-state index is 11.9. The van der Waals surface area contributed by atoms with E-state index < -0.39 is 21.6 Å². The van der Waals surface area contributed by atoms with E-state index in [-0.39, 0.29) is 4.90 Å². The zero-order valence-corrected chi connectivity index (χ0v) is 10.9. The van der Waals surface area contributed by atoms with E-state index in [1.165, 1.54) is 12.1 Å². The molecule has 4 nitrogen and oxygen atoms in total. The minimum Gasteiger partial charge on any atom is -0.247 e. The highest BCUT2D eigenvalue weighted by Gasteiger charge is 2.31. The van der Waals surface area contributed by atoms with Gasteiger partial charge in [-0.3, -0.25) is 0 Å². The summed E-state index contributed by atoms with van der Waals surface area (Å²) in [6, 6.07) is 9.66. The van der Waals surface area contributed by atoms with E-state index >= 15 is 0 Å². The molecule has 1 unspecified atom stereocenters. The molecular weight excluding hydrogens is 238 g/mol. The van der Waals surface area contributed by atoms with Crippen molar-refractivity contribution in [2.75, 3.05) is 0 Å². The summed E-state index contributed by atoms with van der Waals surface area (Å²) in [5, 5.41) is 8.93. The van der Waals surface area contributed by atoms with Gasteiger partial charge in [-0.05, 0) is 12.1 Å². The number of rotatable bonds is 3. The molecule has 5 heteroatoms. The molecule has 0 saturated carbocycles. The van der Waals surface area contributed by atoms with Crippen LogP contribution in [0.25, 0.3) is 0 Å². The fraction of sp³-hybridized carbons (Fsp3) is 0.417. The fourth-order valence-corrected chi connectivity index (χ4v) is 2.32. The van der Waals surface area contributed by atoms with E-state index in [9.17, 15) is 8.42 Å². The van der Waals surface area contributed by atoms with Crippen LogP contribution in [-0.4, -0.2) is 14.5 Å². The van der Waals surface area contributed by atoms with Crippen LogP contribution in [0.4, 0.5) is 0 Å². The first-order valence-electron chi connectivity index (χ1n) is 5.15. The van der Waals surface area contributed by atoms with E-state index in [2.05, 4.69) is 0 Å². The molecule has 0 aliphatic heterocycles. The number of nitrogens with zero attached hydrogens (tertiary/aromatic N) is 1. The minimum absolute atomic E-state index is 0.0597. The normalized spacial score (nSPS) is 14.0. The van der Waals surface area contributed by atoms with E-state index in [1.54, 1.807) is 39.0 Å². The lowest BCUT2D eigenvalue weighted by Gasteiger charge is -2.23. The van der Waals surface area contributed by atoms with Gasteiger partial charge in [0.1, 0.15) is 0 Å². The SMILES string of the molecule is CC(C)(C)C(C#N)OS(=O)(=O)c1ccccc1. The van der Waals surface area contributed by atoms with E-state index in [0.717, 1.165) is 0 Å². The van der Waals surface area contributed by atoms with Crippen LogP contribution in [0, 0.1) is 16.7 Å². The van der Waals surface area contributed by atoms with Gasteiger partial charge in [0.25, 0.3) is 10.1 Å². The third-order valence-corrected chi connectivity index (χ3v) is 3.45. The number of benzene rings is 1. The molecule has 0 amide bonds. The van der Waals surface area contributed by atoms with Crippen LogP contribution in [0.2, 0.25) is 0 Å². The number of nitriles is 1. The maximum absolute atomic E-state index is 11.9. The zero-order chi connectivity index (χ0) is 13.1. The van der Waals surface area contributed by atoms with Crippen LogP contribution in [0.3, 0.4) is 0 Å². The van der Waals surface area contributed by atoms with Crippen molar-refractivity contribution in [2.45, 2.75) is 31.8 Å². The fourth-order valence-electron chi connectivity index (χ4n) is 1.13. The monoisotopic (exact) mass is 253 g/mol. The highest BCUT2D eigenvalue weighted by molar-refractivity contribution is 7.86. The Hall–Kier alpha value is -1.38. The molecule has 0 bridgehead atoms. The molecule has 0 aliphatic carbocycles. The van der Waals surface area contributed by atoms with Crippen molar-refractivity contribution < 1.29 is 12.6 Å². The molecule has 1 aromatic rings. The summed E-state index contributed by atoms with van der Waals surface area (Å²) >= 11 is 0. The Balaban J connectivity index is 3.00. The molecule has 0 fully saturated rings. The van der Waals surface area contributed by atoms with Gasteiger partial charge in [0, 0.05) is 5.41 Å². The lowest BCUT2D eigenvalue weighted by atomic mass is 9.90. The molecular formula is C12H15NO3S. The topological polar surface area (TPSA) is 67.2 Å². The van der Waals surface area contributed by atoms with Crippen LogP contribution in [0.15, 0.2) is 35.2 Å². The van der Waals surface area contributed by atoms with Crippen LogP contribution >= 0.6 is 0 Å². The summed E-state index contributed by atoms with van der Waals surface area (Å²) in [5.41, 5.74) is -0.559. The average molecular weight is 253 g/mol. The predicted octanol–water partition coefficient (Wildman–Crippen LogP) is 2.33. The lowest BCUT2D eigenvalue weighted by Crippen LogP contribution is -2.30. The highest BCUT2D eigenvalue weighted by Crippen LogP contribution is 2.25. The van der Waals surface area contributed by atoms with Gasteiger partial charge in [0.2, 0.25) is 0 Å². The van der Waals surface area contributed by atoms with Crippen molar-refractivity contribution in [3.8, 4) is 6.07 Å². The first-order chi connectivity index (χ1) is 7.77. The molecule has 0 aliphatic rings. The Morgan fingerprint density at radius 2 is 1.76 bits per heavy atom. The minimum atomic E-state index is -3.88. The van der Waals surface area contributed by atoms with Crippen molar-refractivity contribution >= 4 is 10.1 Å². The lowest BCUT2D eigenvalue weighted by molar-refractivity contribution is 0.141. The third-order valence-electron chi connectivity index (χ3n) is 2.16. The molecule has 1 rings (SSSR count). The van der Waals surface area contributed by atoms with E-state index in [4.69, 9.17) is 9.44 Å². The summed E-state index contributed by atoms with van der Waals surface area (Å²) < 4.78 is 28.7. The Morgan fingerprint density at radius 3 is 2.18 bits per heavy atom. The number of hydrogen-bond acceptors (Lipinski definition) is 4. The Kier molecular flexibility index (Phi) is 3.91. The summed E-state index contributed by atoms with van der Waals surface area (Å²) in [5.74, 6) is 0. The van der Waals surface area contributed by atoms with Crippen LogP contribution in [0.1, 0.15) is 20.8 Å². The van der Waals surface area contributed by atoms with E-state index in [0.29, 0.717) is 0 Å². The Bertz CT molecular complexity index is 509. The quantitative estimate of drug-likeness (QED) is 0.775. The molecule has 0 N–H and O–H groups in total. The van der Waals surface area contributed by atoms with Crippen LogP contribution in [0.5, 0.6) is 0 Å². The van der Waals surface area contributed by atoms with Gasteiger partial charge in [-0.25, -0.2) is 4.18 Å². The van der Waals surface area contributed by atoms with Crippen molar-refractivity contribution in [1.82, 2.24) is 0 Å². The first kappa shape index (κ1) is 13.7. The molecule has 0 saturated heterocycles. The largest absolute Gasteiger partial charge is 0.298 e. The van der Waals surface area contributed by atoms with Gasteiger partial charge in [0.15, 0.2) is 6.10 Å². The van der Waals surface area contributed by atoms with Gasteiger partial charge >= 0.3 is 0 Å². The second kappa shape index (κ2) is 4.86. The Labute approximate surface area is 102 Å². The zero-order valence-electron chi connectivity index (χ0n) is 10.0. The molecule has 0 aromatic heterocycles. The van der Waals surface area contributed by atoms with Gasteiger partial charge in [-0.1, -0.05) is 39.0 Å². The van der Waals surface area contributed by atoms with Crippen molar-refractivity contribution in [1.29, 1.82) is 5.26 Å². The van der Waals surface area contributed by atoms with Crippen LogP contribution in [-0.2, 0) is 14.3 Å². The summed E-state index contributed by atoms with van der Waals surface area (Å²) in [6.07, 6.45) is -1.01. The van der Waals surface area contributed by atoms with Crippen molar-refractivity contribution in [3.05, 3.63) is 30.3 Å². The molecule has 0 spiro atoms. The van der Waals surface area contributed by atoms with Gasteiger partial charge in [0.05, 0.1) is 11.0 Å².